The van der Waals surface area contributed by atoms with Gasteiger partial charge in [0, 0.05) is 41.3 Å². The van der Waals surface area contributed by atoms with Crippen LogP contribution in [0, 0.1) is 18.7 Å². The van der Waals surface area contributed by atoms with Crippen molar-refractivity contribution in [3.05, 3.63) is 97.6 Å². The maximum Gasteiger partial charge on any atom is 0.343 e. The summed E-state index contributed by atoms with van der Waals surface area (Å²) < 4.78 is 27.9. The molecule has 4 heterocycles. The highest BCUT2D eigenvalue weighted by molar-refractivity contribution is 5.95. The van der Waals surface area contributed by atoms with E-state index >= 15 is 4.39 Å². The largest absolute Gasteiger partial charge is 0.458 e. The first kappa shape index (κ1) is 47.4. The molecule has 4 aliphatic rings. The van der Waals surface area contributed by atoms with Crippen LogP contribution in [0.3, 0.4) is 0 Å². The molecular weight excluding hydrogens is 884 g/mol. The van der Waals surface area contributed by atoms with E-state index < -0.39 is 77.7 Å². The molecule has 0 unspecified atom stereocenters. The van der Waals surface area contributed by atoms with Crippen LogP contribution in [0.1, 0.15) is 90.9 Å². The van der Waals surface area contributed by atoms with Crippen LogP contribution in [0.4, 0.5) is 4.39 Å². The van der Waals surface area contributed by atoms with Crippen molar-refractivity contribution in [1.82, 2.24) is 41.5 Å². The number of aliphatic hydroxyl groups is 1. The number of fused-ring (bicyclic) bond motifs is 5. The van der Waals surface area contributed by atoms with E-state index in [1.165, 1.54) is 10.6 Å². The number of cyclic esters (lactones) is 1. The summed E-state index contributed by atoms with van der Waals surface area (Å²) >= 11 is 0. The van der Waals surface area contributed by atoms with Crippen molar-refractivity contribution in [1.29, 1.82) is 0 Å². The summed E-state index contributed by atoms with van der Waals surface area (Å²) in [5.74, 6) is -4.64. The predicted molar refractivity (Wildman–Crippen MR) is 240 cm³/mol. The first-order valence-corrected chi connectivity index (χ1v) is 22.7. The fraction of sp³-hybridized carbons (Fsp3) is 0.438. The van der Waals surface area contributed by atoms with E-state index in [4.69, 9.17) is 14.5 Å². The second-order valence-electron chi connectivity index (χ2n) is 17.5. The van der Waals surface area contributed by atoms with Crippen LogP contribution in [-0.2, 0) is 74.6 Å². The Labute approximate surface area is 389 Å². The maximum atomic E-state index is 15.4. The molecule has 0 saturated heterocycles. The lowest BCUT2D eigenvalue weighted by Crippen LogP contribution is -2.52. The van der Waals surface area contributed by atoms with E-state index in [0.717, 1.165) is 22.1 Å². The molecule has 2 aliphatic heterocycles. The molecular formula is C48H53FN8O11. The SMILES string of the molecule is CCC(=O)NCC(=O)NCC(=O)N[C@@H](Cc1ccccc1)C(=O)NCC(=O)NCOC1CC(C(=O)N[C@H]2CCc3c(C)c(F)cc4nc5c(c2c34)Cn2c-5cc3c(c2=O)COC(=O)[C@]3(O)CC)C1. The minimum atomic E-state index is -2.02. The minimum Gasteiger partial charge on any atom is -0.458 e. The number of nitrogens with zero attached hydrogens (tertiary/aromatic N) is 2. The zero-order valence-electron chi connectivity index (χ0n) is 37.8. The summed E-state index contributed by atoms with van der Waals surface area (Å²) in [6.45, 7) is 3.43. The van der Waals surface area contributed by atoms with Crippen molar-refractivity contribution < 1.29 is 52.5 Å². The number of aryl methyl sites for hydroxylation is 1. The molecule has 8 rings (SSSR count). The van der Waals surface area contributed by atoms with Crippen LogP contribution in [0.25, 0.3) is 22.3 Å². The van der Waals surface area contributed by atoms with Gasteiger partial charge in [0.15, 0.2) is 5.60 Å². The van der Waals surface area contributed by atoms with Crippen molar-refractivity contribution in [3.63, 3.8) is 0 Å². The lowest BCUT2D eigenvalue weighted by Gasteiger charge is -2.36. The molecule has 2 aliphatic carbocycles. The van der Waals surface area contributed by atoms with Crippen LogP contribution >= 0.6 is 0 Å². The van der Waals surface area contributed by atoms with Gasteiger partial charge in [-0.2, -0.15) is 0 Å². The Bertz CT molecular complexity index is 2790. The summed E-state index contributed by atoms with van der Waals surface area (Å²) in [5.41, 5.74) is 2.48. The van der Waals surface area contributed by atoms with Crippen LogP contribution in [0.15, 0.2) is 47.3 Å². The molecule has 2 aromatic carbocycles. The van der Waals surface area contributed by atoms with Gasteiger partial charge in [-0.3, -0.25) is 33.6 Å². The average molecular weight is 937 g/mol. The van der Waals surface area contributed by atoms with Gasteiger partial charge in [-0.05, 0) is 67.3 Å². The minimum absolute atomic E-state index is 0.0228. The van der Waals surface area contributed by atoms with Crippen molar-refractivity contribution in [2.24, 2.45) is 5.92 Å². The molecule has 358 valence electrons. The number of amides is 6. The summed E-state index contributed by atoms with van der Waals surface area (Å²) in [5, 5.41) is 27.8. The van der Waals surface area contributed by atoms with Crippen molar-refractivity contribution >= 4 is 52.3 Å². The van der Waals surface area contributed by atoms with Gasteiger partial charge in [0.2, 0.25) is 35.4 Å². The van der Waals surface area contributed by atoms with Gasteiger partial charge < -0.3 is 51.0 Å². The van der Waals surface area contributed by atoms with E-state index in [9.17, 15) is 43.5 Å². The van der Waals surface area contributed by atoms with Gasteiger partial charge >= 0.3 is 5.97 Å². The smallest absolute Gasteiger partial charge is 0.343 e. The number of carbonyl (C=O) groups excluding carboxylic acids is 7. The lowest BCUT2D eigenvalue weighted by molar-refractivity contribution is -0.172. The zero-order valence-corrected chi connectivity index (χ0v) is 37.8. The van der Waals surface area contributed by atoms with Gasteiger partial charge in [0.05, 0.1) is 60.8 Å². The Morgan fingerprint density at radius 3 is 2.37 bits per heavy atom. The standard InChI is InChI=1S/C48H53FN8O11/c1-4-37(58)50-18-38(59)51-20-40(61)54-35(13-25-9-7-6-8-10-25)45(63)52-19-39(60)53-23-68-27-14-26(15-27)44(62)56-33-12-11-28-24(3)32(49)17-34-41(28)42(33)29-21-57-36(43(29)55-34)16-31-30(46(57)64)22-67-47(65)48(31,66)5-2/h6-10,16-17,26-27,33,35,66H,4-5,11-15,18-23H2,1-3H3,(H,50,58)(H,51,59)(H,52,63)(H,53,60)(H,54,61)(H,56,62)/t26?,27?,33-,35-,48-/m0/s1. The number of nitrogens with one attached hydrogen (secondary N) is 6. The molecule has 19 nitrogen and oxygen atoms in total. The van der Waals surface area contributed by atoms with Crippen LogP contribution in [0.5, 0.6) is 0 Å². The summed E-state index contributed by atoms with van der Waals surface area (Å²) in [6.07, 6.45) is 1.62. The molecule has 6 amide bonds. The highest BCUT2D eigenvalue weighted by atomic mass is 19.1. The molecule has 4 aromatic rings. The number of ether oxygens (including phenoxy) is 2. The third kappa shape index (κ3) is 9.42. The molecule has 2 aromatic heterocycles. The highest BCUT2D eigenvalue weighted by Crippen LogP contribution is 2.46. The topological polar surface area (TPSA) is 265 Å². The molecule has 68 heavy (non-hydrogen) atoms. The molecule has 1 saturated carbocycles. The third-order valence-corrected chi connectivity index (χ3v) is 13.3. The predicted octanol–water partition coefficient (Wildman–Crippen LogP) is 0.986. The van der Waals surface area contributed by atoms with E-state index in [-0.39, 0.29) is 74.7 Å². The van der Waals surface area contributed by atoms with Gasteiger partial charge in [-0.25, -0.2) is 14.2 Å². The van der Waals surface area contributed by atoms with E-state index in [0.29, 0.717) is 53.7 Å². The normalized spacial score (nSPS) is 20.1. The fourth-order valence-electron chi connectivity index (χ4n) is 9.35. The second-order valence-corrected chi connectivity index (χ2v) is 17.5. The van der Waals surface area contributed by atoms with Crippen molar-refractivity contribution in [2.45, 2.75) is 103 Å². The van der Waals surface area contributed by atoms with Gasteiger partial charge in [0.25, 0.3) is 5.56 Å². The maximum absolute atomic E-state index is 15.4. The van der Waals surface area contributed by atoms with E-state index in [2.05, 4.69) is 31.9 Å². The quantitative estimate of drug-likeness (QED) is 0.0509. The Morgan fingerprint density at radius 1 is 0.926 bits per heavy atom. The number of esters is 1. The number of rotatable bonds is 17. The molecule has 0 radical (unpaired) electrons. The Balaban J connectivity index is 0.857. The average Bonchev–Trinajstić information content (AvgIpc) is 3.69. The van der Waals surface area contributed by atoms with Crippen molar-refractivity contribution in [2.75, 3.05) is 26.4 Å². The third-order valence-electron chi connectivity index (χ3n) is 13.3. The first-order valence-electron chi connectivity index (χ1n) is 22.7. The van der Waals surface area contributed by atoms with Gasteiger partial charge in [-0.1, -0.05) is 44.2 Å². The molecule has 1 fully saturated rings. The number of halogens is 1. The number of aromatic nitrogens is 2. The van der Waals surface area contributed by atoms with Crippen molar-refractivity contribution in [3.8, 4) is 11.4 Å². The number of hydrogen-bond donors (Lipinski definition) is 7. The lowest BCUT2D eigenvalue weighted by atomic mass is 9.79. The molecule has 0 spiro atoms. The number of benzene rings is 2. The molecule has 20 heteroatoms. The number of carbonyl (C=O) groups is 7. The van der Waals surface area contributed by atoms with Crippen LogP contribution in [0.2, 0.25) is 0 Å². The Hall–Kier alpha value is -7.06. The summed E-state index contributed by atoms with van der Waals surface area (Å²) in [4.78, 5) is 108. The first-order chi connectivity index (χ1) is 32.6. The summed E-state index contributed by atoms with van der Waals surface area (Å²) in [7, 11) is 0. The fourth-order valence-corrected chi connectivity index (χ4v) is 9.35. The highest BCUT2D eigenvalue weighted by Gasteiger charge is 2.46. The van der Waals surface area contributed by atoms with Gasteiger partial charge in [0.1, 0.15) is 25.2 Å². The van der Waals surface area contributed by atoms with Gasteiger partial charge in [-0.15, -0.1) is 0 Å². The zero-order chi connectivity index (χ0) is 48.4. The van der Waals surface area contributed by atoms with Crippen LogP contribution < -0.4 is 37.5 Å². The van der Waals surface area contributed by atoms with Crippen LogP contribution in [-0.4, -0.2) is 94.6 Å². The monoisotopic (exact) mass is 936 g/mol. The Kier molecular flexibility index (Phi) is 13.7. The molecule has 3 atom stereocenters. The van der Waals surface area contributed by atoms with E-state index in [1.54, 1.807) is 57.2 Å². The number of hydrogen-bond acceptors (Lipinski definition) is 12. The second kappa shape index (κ2) is 19.7. The number of pyridine rings is 2. The van der Waals surface area contributed by atoms with E-state index in [1.807, 2.05) is 0 Å². The Morgan fingerprint density at radius 2 is 1.63 bits per heavy atom. The summed E-state index contributed by atoms with van der Waals surface area (Å²) in [6, 6.07) is 10.3. The molecule has 0 bridgehead atoms. The molecule has 7 N–H and O–H groups in total.